The van der Waals surface area contributed by atoms with Crippen LogP contribution in [0.1, 0.15) is 29.2 Å². The first kappa shape index (κ1) is 15.7. The summed E-state index contributed by atoms with van der Waals surface area (Å²) >= 11 is 0. The number of ether oxygens (including phenoxy) is 1. The minimum absolute atomic E-state index is 0.0125. The molecule has 2 heterocycles. The number of carbonyl (C=O) groups is 2. The van der Waals surface area contributed by atoms with E-state index in [2.05, 4.69) is 12.1 Å². The molecule has 128 valence electrons. The summed E-state index contributed by atoms with van der Waals surface area (Å²) < 4.78 is 5.47. The topological polar surface area (TPSA) is 72.6 Å². The second-order valence-corrected chi connectivity index (χ2v) is 6.67. The third-order valence-corrected chi connectivity index (χ3v) is 4.99. The maximum atomic E-state index is 13.0. The number of rotatable bonds is 3. The Kier molecular flexibility index (Phi) is 3.92. The van der Waals surface area contributed by atoms with Crippen LogP contribution >= 0.6 is 0 Å². The van der Waals surface area contributed by atoms with E-state index in [4.69, 9.17) is 10.5 Å². The molecule has 5 nitrogen and oxygen atoms in total. The summed E-state index contributed by atoms with van der Waals surface area (Å²) in [5, 5.41) is 0. The molecule has 5 heteroatoms. The molecule has 0 radical (unpaired) electrons. The molecule has 0 bridgehead atoms. The van der Waals surface area contributed by atoms with Gasteiger partial charge in [0.2, 0.25) is 5.91 Å². The highest BCUT2D eigenvalue weighted by molar-refractivity contribution is 5.88. The molecule has 2 aliphatic rings. The van der Waals surface area contributed by atoms with Crippen LogP contribution in [0, 0.1) is 5.92 Å². The molecular weight excluding hydrogens is 316 g/mol. The van der Waals surface area contributed by atoms with Gasteiger partial charge in [-0.05, 0) is 35.2 Å². The van der Waals surface area contributed by atoms with Gasteiger partial charge in [-0.25, -0.2) is 0 Å². The van der Waals surface area contributed by atoms with Crippen molar-refractivity contribution in [2.24, 2.45) is 5.92 Å². The average molecular weight is 336 g/mol. The number of amides is 1. The summed E-state index contributed by atoms with van der Waals surface area (Å²) in [7, 11) is 0. The van der Waals surface area contributed by atoms with E-state index in [9.17, 15) is 9.59 Å². The summed E-state index contributed by atoms with van der Waals surface area (Å²) in [4.78, 5) is 26.7. The number of fused-ring (bicyclic) bond motifs is 3. The smallest absolute Gasteiger partial charge is 0.307 e. The van der Waals surface area contributed by atoms with Crippen LogP contribution in [0.4, 0.5) is 5.69 Å². The van der Waals surface area contributed by atoms with Gasteiger partial charge in [-0.3, -0.25) is 9.59 Å². The first-order valence-corrected chi connectivity index (χ1v) is 8.52. The second-order valence-electron chi connectivity index (χ2n) is 6.67. The molecule has 2 aliphatic heterocycles. The molecule has 25 heavy (non-hydrogen) atoms. The normalized spacial score (nSPS) is 22.2. The van der Waals surface area contributed by atoms with E-state index in [0.717, 1.165) is 17.5 Å². The number of nitrogen functional groups attached to an aromatic ring is 1. The molecule has 2 aromatic rings. The van der Waals surface area contributed by atoms with Crippen LogP contribution in [0.25, 0.3) is 0 Å². The van der Waals surface area contributed by atoms with E-state index in [0.29, 0.717) is 18.8 Å². The number of anilines is 1. The van der Waals surface area contributed by atoms with E-state index in [1.165, 1.54) is 5.56 Å². The lowest BCUT2D eigenvalue weighted by molar-refractivity contribution is -0.142. The van der Waals surface area contributed by atoms with Crippen molar-refractivity contribution in [3.63, 3.8) is 0 Å². The molecule has 0 saturated carbocycles. The van der Waals surface area contributed by atoms with Gasteiger partial charge in [0.25, 0.3) is 0 Å². The number of benzene rings is 2. The summed E-state index contributed by atoms with van der Waals surface area (Å²) in [6.07, 6.45) is 0.434. The summed E-state index contributed by atoms with van der Waals surface area (Å²) in [5.74, 6) is -0.759. The van der Waals surface area contributed by atoms with Gasteiger partial charge in [-0.1, -0.05) is 36.4 Å². The van der Waals surface area contributed by atoms with Crippen molar-refractivity contribution < 1.29 is 14.3 Å². The van der Waals surface area contributed by atoms with E-state index in [1.807, 2.05) is 35.2 Å². The van der Waals surface area contributed by atoms with Gasteiger partial charge in [0, 0.05) is 18.8 Å². The maximum Gasteiger partial charge on any atom is 0.307 e. The van der Waals surface area contributed by atoms with Crippen molar-refractivity contribution in [3.05, 3.63) is 65.2 Å². The van der Waals surface area contributed by atoms with Crippen molar-refractivity contribution >= 4 is 17.6 Å². The van der Waals surface area contributed by atoms with Gasteiger partial charge in [-0.2, -0.15) is 0 Å². The molecular formula is C20H20N2O3. The molecule has 0 aromatic heterocycles. The zero-order chi connectivity index (χ0) is 17.4. The molecule has 1 amide bonds. The highest BCUT2D eigenvalue weighted by Crippen LogP contribution is 2.41. The number of hydrogen-bond donors (Lipinski definition) is 1. The van der Waals surface area contributed by atoms with Crippen molar-refractivity contribution in [1.82, 2.24) is 4.90 Å². The molecule has 0 aliphatic carbocycles. The highest BCUT2D eigenvalue weighted by Gasteiger charge is 2.45. The van der Waals surface area contributed by atoms with Crippen LogP contribution < -0.4 is 5.73 Å². The Morgan fingerprint density at radius 1 is 1.12 bits per heavy atom. The molecule has 0 unspecified atom stereocenters. The predicted octanol–water partition coefficient (Wildman–Crippen LogP) is 2.46. The monoisotopic (exact) mass is 336 g/mol. The number of nitrogens with zero attached hydrogens (tertiary/aromatic N) is 1. The lowest BCUT2D eigenvalue weighted by Crippen LogP contribution is -2.36. The Labute approximate surface area is 146 Å². The van der Waals surface area contributed by atoms with Crippen LogP contribution in [0.2, 0.25) is 0 Å². The Morgan fingerprint density at radius 2 is 1.92 bits per heavy atom. The Morgan fingerprint density at radius 3 is 2.72 bits per heavy atom. The van der Waals surface area contributed by atoms with Gasteiger partial charge in [0.15, 0.2) is 0 Å². The van der Waals surface area contributed by atoms with Crippen molar-refractivity contribution in [1.29, 1.82) is 0 Å². The lowest BCUT2D eigenvalue weighted by Gasteiger charge is -2.23. The van der Waals surface area contributed by atoms with Crippen LogP contribution in [0.5, 0.6) is 0 Å². The number of nitrogens with two attached hydrogens (primary N) is 1. The lowest BCUT2D eigenvalue weighted by atomic mass is 9.93. The Bertz CT molecular complexity index is 819. The molecule has 2 N–H and O–H groups in total. The van der Waals surface area contributed by atoms with Crippen LogP contribution in [0.3, 0.4) is 0 Å². The second kappa shape index (κ2) is 6.24. The number of hydrogen-bond acceptors (Lipinski definition) is 4. The van der Waals surface area contributed by atoms with Gasteiger partial charge < -0.3 is 15.4 Å². The molecule has 4 rings (SSSR count). The molecule has 0 spiro atoms. The fourth-order valence-corrected chi connectivity index (χ4v) is 3.71. The van der Waals surface area contributed by atoms with E-state index in [1.54, 1.807) is 6.07 Å². The Hall–Kier alpha value is -2.82. The van der Waals surface area contributed by atoms with Crippen LogP contribution in [-0.4, -0.2) is 23.3 Å². The number of esters is 1. The maximum absolute atomic E-state index is 13.0. The largest absolute Gasteiger partial charge is 0.457 e. The molecule has 2 atom stereocenters. The van der Waals surface area contributed by atoms with E-state index in [-0.39, 0.29) is 18.3 Å². The van der Waals surface area contributed by atoms with Crippen LogP contribution in [0.15, 0.2) is 48.5 Å². The van der Waals surface area contributed by atoms with E-state index < -0.39 is 12.0 Å². The minimum atomic E-state index is -0.489. The third-order valence-electron chi connectivity index (χ3n) is 4.99. The van der Waals surface area contributed by atoms with Gasteiger partial charge in [0.05, 0.1) is 12.3 Å². The van der Waals surface area contributed by atoms with Gasteiger partial charge in [-0.15, -0.1) is 0 Å². The summed E-state index contributed by atoms with van der Waals surface area (Å²) in [5.41, 5.74) is 9.63. The van der Waals surface area contributed by atoms with E-state index >= 15 is 0 Å². The van der Waals surface area contributed by atoms with Crippen molar-refractivity contribution in [2.75, 3.05) is 12.3 Å². The van der Waals surface area contributed by atoms with Crippen LogP contribution in [-0.2, 0) is 27.3 Å². The van der Waals surface area contributed by atoms with Crippen molar-refractivity contribution in [3.8, 4) is 0 Å². The SMILES string of the molecule is Nc1ccc2c(c1)CN(CCc1ccccc1)C(=O)[C@@H]1CC(=O)O[C@@H]21. The molecule has 2 aromatic carbocycles. The zero-order valence-corrected chi connectivity index (χ0v) is 13.9. The quantitative estimate of drug-likeness (QED) is 0.690. The fraction of sp³-hybridized carbons (Fsp3) is 0.300. The standard InChI is InChI=1S/C20H20N2O3/c21-15-6-7-16-14(10-15)12-22(9-8-13-4-2-1-3-5-13)20(24)17-11-18(23)25-19(16)17/h1-7,10,17,19H,8-9,11-12,21H2/t17-,19+/m1/s1. The first-order chi connectivity index (χ1) is 12.1. The minimum Gasteiger partial charge on any atom is -0.457 e. The van der Waals surface area contributed by atoms with Crippen molar-refractivity contribution in [2.45, 2.75) is 25.5 Å². The van der Waals surface area contributed by atoms with Gasteiger partial charge >= 0.3 is 5.97 Å². The first-order valence-electron chi connectivity index (χ1n) is 8.52. The Balaban J connectivity index is 1.64. The molecule has 1 saturated heterocycles. The zero-order valence-electron chi connectivity index (χ0n) is 13.9. The predicted molar refractivity (Wildman–Crippen MR) is 93.4 cm³/mol. The fourth-order valence-electron chi connectivity index (χ4n) is 3.71. The molecule has 1 fully saturated rings. The van der Waals surface area contributed by atoms with Gasteiger partial charge in [0.1, 0.15) is 6.10 Å². The average Bonchev–Trinajstić information content (AvgIpc) is 2.96. The summed E-state index contributed by atoms with van der Waals surface area (Å²) in [6.45, 7) is 1.10. The third kappa shape index (κ3) is 2.97. The highest BCUT2D eigenvalue weighted by atomic mass is 16.6. The number of carbonyl (C=O) groups excluding carboxylic acids is 2. The summed E-state index contributed by atoms with van der Waals surface area (Å²) in [6, 6.07) is 15.6.